The van der Waals surface area contributed by atoms with Crippen LogP contribution in [0.3, 0.4) is 0 Å². The van der Waals surface area contributed by atoms with Crippen LogP contribution in [0.15, 0.2) is 24.3 Å². The van der Waals surface area contributed by atoms with Gasteiger partial charge in [0.15, 0.2) is 0 Å². The smallest absolute Gasteiger partial charge is 0.256 e. The molecule has 0 unspecified atom stereocenters. The molecule has 2 aromatic rings. The molecule has 2 N–H and O–H groups in total. The zero-order valence-corrected chi connectivity index (χ0v) is 13.7. The minimum atomic E-state index is -0.0903. The van der Waals surface area contributed by atoms with Gasteiger partial charge in [0.05, 0.1) is 17.9 Å². The molecule has 0 radical (unpaired) electrons. The summed E-state index contributed by atoms with van der Waals surface area (Å²) in [5, 5.41) is 6.91. The van der Waals surface area contributed by atoms with E-state index in [1.165, 1.54) is 11.5 Å². The van der Waals surface area contributed by atoms with Crippen molar-refractivity contribution < 1.29 is 9.53 Å². The highest BCUT2D eigenvalue weighted by Gasteiger charge is 2.30. The molecule has 1 amide bonds. The maximum atomic E-state index is 12.6. The fourth-order valence-corrected chi connectivity index (χ4v) is 3.53. The number of hydrogen-bond acceptors (Lipinski definition) is 5. The second-order valence-electron chi connectivity index (χ2n) is 5.44. The molecule has 0 aliphatic carbocycles. The van der Waals surface area contributed by atoms with Gasteiger partial charge in [0, 0.05) is 24.6 Å². The molecule has 0 bridgehead atoms. The molecule has 3 rings (SSSR count). The van der Waals surface area contributed by atoms with E-state index in [4.69, 9.17) is 4.74 Å². The van der Waals surface area contributed by atoms with E-state index in [0.29, 0.717) is 12.2 Å². The van der Waals surface area contributed by atoms with E-state index in [2.05, 4.69) is 21.1 Å². The van der Waals surface area contributed by atoms with E-state index < -0.39 is 0 Å². The summed E-state index contributed by atoms with van der Waals surface area (Å²) in [6.07, 6.45) is 0. The van der Waals surface area contributed by atoms with Crippen LogP contribution >= 0.6 is 11.5 Å². The number of hydrogen-bond donors (Lipinski definition) is 2. The Labute approximate surface area is 133 Å². The predicted molar refractivity (Wildman–Crippen MR) is 88.0 cm³/mol. The monoisotopic (exact) mass is 317 g/mol. The first-order chi connectivity index (χ1) is 10.6. The third kappa shape index (κ3) is 2.54. The fourth-order valence-electron chi connectivity index (χ4n) is 2.79. The van der Waals surface area contributed by atoms with Gasteiger partial charge in [-0.05, 0) is 31.4 Å². The number of amides is 1. The zero-order chi connectivity index (χ0) is 15.7. The number of benzene rings is 1. The molecule has 0 fully saturated rings. The first-order valence-corrected chi connectivity index (χ1v) is 8.05. The molecule has 22 heavy (non-hydrogen) atoms. The summed E-state index contributed by atoms with van der Waals surface area (Å²) < 4.78 is 9.94. The van der Waals surface area contributed by atoms with Gasteiger partial charge in [-0.15, -0.1) is 0 Å². The molecule has 1 aliphatic heterocycles. The standard InChI is InChI=1S/C16H19N3O2S/c1-9(12-8-21-13-7-5-4-6-11(12)13)18-15(20)14-10(2)19-22-16(14)17-3/h4-7,9,12,17H,8H2,1-3H3,(H,18,20)/t9-,12-/m1/s1. The number of aromatic nitrogens is 1. The van der Waals surface area contributed by atoms with Crippen molar-refractivity contribution in [3.63, 3.8) is 0 Å². The molecular formula is C16H19N3O2S. The number of aryl methyl sites for hydroxylation is 1. The molecule has 2 atom stereocenters. The van der Waals surface area contributed by atoms with E-state index in [0.717, 1.165) is 22.0 Å². The predicted octanol–water partition coefficient (Wildman–Crippen LogP) is 2.79. The molecule has 1 aromatic heterocycles. The van der Waals surface area contributed by atoms with Crippen molar-refractivity contribution in [1.29, 1.82) is 0 Å². The zero-order valence-electron chi connectivity index (χ0n) is 12.8. The number of nitrogens with zero attached hydrogens (tertiary/aromatic N) is 1. The molecule has 1 aromatic carbocycles. The molecule has 116 valence electrons. The van der Waals surface area contributed by atoms with Crippen LogP contribution < -0.4 is 15.4 Å². The third-order valence-corrected chi connectivity index (χ3v) is 4.97. The van der Waals surface area contributed by atoms with Gasteiger partial charge >= 0.3 is 0 Å². The third-order valence-electron chi connectivity index (χ3n) is 4.02. The van der Waals surface area contributed by atoms with Crippen LogP contribution in [0.25, 0.3) is 0 Å². The number of carbonyl (C=O) groups is 1. The largest absolute Gasteiger partial charge is 0.493 e. The average molecular weight is 317 g/mol. The summed E-state index contributed by atoms with van der Waals surface area (Å²) in [5.74, 6) is 0.996. The Morgan fingerprint density at radius 2 is 2.23 bits per heavy atom. The van der Waals surface area contributed by atoms with Crippen molar-refractivity contribution in [2.75, 3.05) is 19.0 Å². The van der Waals surface area contributed by atoms with Crippen LogP contribution in [-0.2, 0) is 0 Å². The highest BCUT2D eigenvalue weighted by Crippen LogP contribution is 2.35. The van der Waals surface area contributed by atoms with E-state index >= 15 is 0 Å². The summed E-state index contributed by atoms with van der Waals surface area (Å²) in [6.45, 7) is 4.47. The van der Waals surface area contributed by atoms with Gasteiger partial charge in [-0.1, -0.05) is 18.2 Å². The van der Waals surface area contributed by atoms with Crippen molar-refractivity contribution in [3.05, 3.63) is 41.1 Å². The molecular weight excluding hydrogens is 298 g/mol. The second kappa shape index (κ2) is 5.96. The van der Waals surface area contributed by atoms with Crippen molar-refractivity contribution in [2.45, 2.75) is 25.8 Å². The van der Waals surface area contributed by atoms with Gasteiger partial charge in [0.25, 0.3) is 5.91 Å². The molecule has 2 heterocycles. The van der Waals surface area contributed by atoms with E-state index in [-0.39, 0.29) is 17.9 Å². The van der Waals surface area contributed by atoms with E-state index in [1.54, 1.807) is 7.05 Å². The van der Waals surface area contributed by atoms with Crippen LogP contribution in [0.2, 0.25) is 0 Å². The topological polar surface area (TPSA) is 63.2 Å². The van der Waals surface area contributed by atoms with Crippen LogP contribution in [0.5, 0.6) is 5.75 Å². The summed E-state index contributed by atoms with van der Waals surface area (Å²) in [4.78, 5) is 12.6. The number of ether oxygens (including phenoxy) is 1. The Morgan fingerprint density at radius 1 is 1.45 bits per heavy atom. The van der Waals surface area contributed by atoms with Crippen LogP contribution in [0.4, 0.5) is 5.00 Å². The van der Waals surface area contributed by atoms with Crippen LogP contribution in [0.1, 0.15) is 34.5 Å². The second-order valence-corrected chi connectivity index (χ2v) is 6.21. The number of fused-ring (bicyclic) bond motifs is 1. The van der Waals surface area contributed by atoms with Crippen LogP contribution in [-0.4, -0.2) is 30.0 Å². The summed E-state index contributed by atoms with van der Waals surface area (Å²) >= 11 is 1.31. The van der Waals surface area contributed by atoms with Gasteiger partial charge in [-0.25, -0.2) is 0 Å². The lowest BCUT2D eigenvalue weighted by Crippen LogP contribution is -2.38. The molecule has 5 nitrogen and oxygen atoms in total. The Bertz CT molecular complexity index is 698. The Hall–Kier alpha value is -2.08. The number of carbonyl (C=O) groups excluding carboxylic acids is 1. The maximum Gasteiger partial charge on any atom is 0.256 e. The van der Waals surface area contributed by atoms with Crippen LogP contribution in [0, 0.1) is 6.92 Å². The average Bonchev–Trinajstić information content (AvgIpc) is 3.10. The molecule has 0 spiro atoms. The van der Waals surface area contributed by atoms with E-state index in [9.17, 15) is 4.79 Å². The van der Waals surface area contributed by atoms with Crippen molar-refractivity contribution >= 4 is 22.4 Å². The van der Waals surface area contributed by atoms with Crippen molar-refractivity contribution in [1.82, 2.24) is 9.69 Å². The Morgan fingerprint density at radius 3 is 3.00 bits per heavy atom. The lowest BCUT2D eigenvalue weighted by Gasteiger charge is -2.20. The van der Waals surface area contributed by atoms with Gasteiger partial charge < -0.3 is 15.4 Å². The SMILES string of the molecule is CNc1snc(C)c1C(=O)N[C@H](C)[C@H]1COc2ccccc21. The minimum absolute atomic E-state index is 0.0137. The summed E-state index contributed by atoms with van der Waals surface area (Å²) in [5.41, 5.74) is 2.54. The number of rotatable bonds is 4. The van der Waals surface area contributed by atoms with E-state index in [1.807, 2.05) is 32.0 Å². The molecule has 1 aliphatic rings. The Balaban J connectivity index is 1.76. The van der Waals surface area contributed by atoms with Crippen molar-refractivity contribution in [3.8, 4) is 5.75 Å². The summed E-state index contributed by atoms with van der Waals surface area (Å²) in [6, 6.07) is 7.98. The quantitative estimate of drug-likeness (QED) is 0.910. The van der Waals surface area contributed by atoms with Crippen molar-refractivity contribution in [2.24, 2.45) is 0 Å². The molecule has 0 saturated heterocycles. The number of para-hydroxylation sites is 1. The van der Waals surface area contributed by atoms with Gasteiger partial charge in [-0.3, -0.25) is 4.79 Å². The normalized spacial score (nSPS) is 17.5. The number of nitrogens with one attached hydrogen (secondary N) is 2. The highest BCUT2D eigenvalue weighted by atomic mass is 32.1. The molecule has 6 heteroatoms. The number of anilines is 1. The summed E-state index contributed by atoms with van der Waals surface area (Å²) in [7, 11) is 1.80. The Kier molecular flexibility index (Phi) is 4.02. The van der Waals surface area contributed by atoms with Gasteiger partial charge in [0.2, 0.25) is 0 Å². The first-order valence-electron chi connectivity index (χ1n) is 7.28. The van der Waals surface area contributed by atoms with Gasteiger partial charge in [-0.2, -0.15) is 4.37 Å². The van der Waals surface area contributed by atoms with Gasteiger partial charge in [0.1, 0.15) is 10.8 Å². The lowest BCUT2D eigenvalue weighted by molar-refractivity contribution is 0.0933. The fraction of sp³-hybridized carbons (Fsp3) is 0.375. The molecule has 0 saturated carbocycles. The maximum absolute atomic E-state index is 12.6. The lowest BCUT2D eigenvalue weighted by atomic mass is 9.94. The highest BCUT2D eigenvalue weighted by molar-refractivity contribution is 7.10. The first kappa shape index (κ1) is 14.8. The minimum Gasteiger partial charge on any atom is -0.493 e.